The zero-order valence-electron chi connectivity index (χ0n) is 13.5. The van der Waals surface area contributed by atoms with Crippen LogP contribution >= 0.6 is 0 Å². The van der Waals surface area contributed by atoms with Crippen molar-refractivity contribution in [3.63, 3.8) is 0 Å². The molecule has 1 aromatic carbocycles. The van der Waals surface area contributed by atoms with Crippen LogP contribution in [0, 0.1) is 12.7 Å². The molecule has 1 aliphatic rings. The van der Waals surface area contributed by atoms with Gasteiger partial charge in [0.1, 0.15) is 5.82 Å². The minimum atomic E-state index is -0.433. The predicted octanol–water partition coefficient (Wildman–Crippen LogP) is 3.98. The lowest BCUT2D eigenvalue weighted by Crippen LogP contribution is -2.41. The molecular formula is C18H21FN2O. The van der Waals surface area contributed by atoms with Crippen LogP contribution < -0.4 is 0 Å². The van der Waals surface area contributed by atoms with Gasteiger partial charge in [-0.2, -0.15) is 5.10 Å². The minimum Gasteiger partial charge on any atom is -0.267 e. The second kappa shape index (κ2) is 5.87. The zero-order chi connectivity index (χ0) is 16.5. The molecule has 0 saturated heterocycles. The van der Waals surface area contributed by atoms with E-state index in [2.05, 4.69) is 11.7 Å². The lowest BCUT2D eigenvalue weighted by molar-refractivity contribution is -0.130. The molecule has 0 atom stereocenters. The summed E-state index contributed by atoms with van der Waals surface area (Å²) < 4.78 is 13.3. The van der Waals surface area contributed by atoms with E-state index >= 15 is 0 Å². The first kappa shape index (κ1) is 16.1. The number of hydrogen-bond donors (Lipinski definition) is 0. The third-order valence-corrected chi connectivity index (χ3v) is 3.73. The lowest BCUT2D eigenvalue weighted by Gasteiger charge is -2.28. The number of hydrogen-bond acceptors (Lipinski definition) is 2. The Bertz CT molecular complexity index is 686. The van der Waals surface area contributed by atoms with Gasteiger partial charge in [0.25, 0.3) is 5.91 Å². The summed E-state index contributed by atoms with van der Waals surface area (Å²) in [4.78, 5) is 12.5. The monoisotopic (exact) mass is 300 g/mol. The average Bonchev–Trinajstić information content (AvgIpc) is 2.73. The summed E-state index contributed by atoms with van der Waals surface area (Å²) in [7, 11) is 0. The number of hydrazone groups is 1. The Morgan fingerprint density at radius 1 is 1.45 bits per heavy atom. The Kier molecular flexibility index (Phi) is 4.31. The van der Waals surface area contributed by atoms with E-state index in [0.29, 0.717) is 12.0 Å². The molecule has 3 nitrogen and oxygen atoms in total. The molecule has 22 heavy (non-hydrogen) atoms. The maximum Gasteiger partial charge on any atom is 0.273 e. The molecule has 1 heterocycles. The maximum absolute atomic E-state index is 13.3. The highest BCUT2D eigenvalue weighted by Crippen LogP contribution is 2.31. The predicted molar refractivity (Wildman–Crippen MR) is 87.2 cm³/mol. The normalized spacial score (nSPS) is 17.0. The summed E-state index contributed by atoms with van der Waals surface area (Å²) >= 11 is 0. The van der Waals surface area contributed by atoms with Gasteiger partial charge in [-0.25, -0.2) is 9.40 Å². The van der Waals surface area contributed by atoms with Gasteiger partial charge < -0.3 is 0 Å². The number of carbonyl (C=O) groups is 1. The smallest absolute Gasteiger partial charge is 0.267 e. The van der Waals surface area contributed by atoms with E-state index in [1.807, 2.05) is 27.7 Å². The third kappa shape index (κ3) is 3.01. The van der Waals surface area contributed by atoms with E-state index in [4.69, 9.17) is 0 Å². The number of carbonyl (C=O) groups excluding carboxylic acids is 1. The summed E-state index contributed by atoms with van der Waals surface area (Å²) in [5.74, 6) is -0.480. The van der Waals surface area contributed by atoms with Gasteiger partial charge in [0, 0.05) is 17.6 Å². The average molecular weight is 300 g/mol. The van der Waals surface area contributed by atoms with Gasteiger partial charge >= 0.3 is 0 Å². The van der Waals surface area contributed by atoms with Crippen molar-refractivity contribution in [1.82, 2.24) is 5.01 Å². The Balaban J connectivity index is 2.38. The highest BCUT2D eigenvalue weighted by Gasteiger charge is 2.39. The molecule has 0 aliphatic carbocycles. The van der Waals surface area contributed by atoms with Crippen molar-refractivity contribution in [1.29, 1.82) is 0 Å². The second-order valence-corrected chi connectivity index (χ2v) is 6.14. The summed E-state index contributed by atoms with van der Waals surface area (Å²) in [6.07, 6.45) is 4.07. The molecule has 1 aromatic rings. The van der Waals surface area contributed by atoms with Crippen molar-refractivity contribution in [2.24, 2.45) is 5.10 Å². The van der Waals surface area contributed by atoms with E-state index in [9.17, 15) is 9.18 Å². The quantitative estimate of drug-likeness (QED) is 0.614. The molecule has 0 radical (unpaired) electrons. The van der Waals surface area contributed by atoms with Gasteiger partial charge in [0.15, 0.2) is 0 Å². The summed E-state index contributed by atoms with van der Waals surface area (Å²) in [5.41, 5.74) is 2.45. The fourth-order valence-corrected chi connectivity index (χ4v) is 2.60. The fraction of sp³-hybridized carbons (Fsp3) is 0.333. The first-order valence-corrected chi connectivity index (χ1v) is 7.26. The van der Waals surface area contributed by atoms with Crippen molar-refractivity contribution >= 4 is 11.6 Å². The highest BCUT2D eigenvalue weighted by atomic mass is 19.1. The van der Waals surface area contributed by atoms with Gasteiger partial charge in [0.2, 0.25) is 0 Å². The number of rotatable bonds is 3. The van der Waals surface area contributed by atoms with Crippen LogP contribution in [0.3, 0.4) is 0 Å². The van der Waals surface area contributed by atoms with Crippen LogP contribution in [0.2, 0.25) is 0 Å². The molecule has 2 rings (SSSR count). The van der Waals surface area contributed by atoms with E-state index in [1.54, 1.807) is 18.2 Å². The van der Waals surface area contributed by atoms with Crippen LogP contribution in [0.25, 0.3) is 0 Å². The van der Waals surface area contributed by atoms with Gasteiger partial charge in [0.05, 0.1) is 11.3 Å². The molecular weight excluding hydrogens is 279 g/mol. The first-order valence-electron chi connectivity index (χ1n) is 7.26. The Morgan fingerprint density at radius 2 is 2.14 bits per heavy atom. The Hall–Kier alpha value is -2.23. The van der Waals surface area contributed by atoms with Crippen molar-refractivity contribution in [3.8, 4) is 0 Å². The van der Waals surface area contributed by atoms with Gasteiger partial charge in [-0.1, -0.05) is 18.7 Å². The van der Waals surface area contributed by atoms with Crippen LogP contribution in [0.15, 0.2) is 47.6 Å². The fourth-order valence-electron chi connectivity index (χ4n) is 2.60. The van der Waals surface area contributed by atoms with Crippen molar-refractivity contribution in [3.05, 3.63) is 59.4 Å². The number of benzene rings is 1. The van der Waals surface area contributed by atoms with E-state index < -0.39 is 5.54 Å². The Morgan fingerprint density at radius 3 is 2.73 bits per heavy atom. The molecule has 1 aliphatic heterocycles. The highest BCUT2D eigenvalue weighted by molar-refractivity contribution is 6.06. The topological polar surface area (TPSA) is 32.7 Å². The molecule has 1 amide bonds. The molecule has 0 unspecified atom stereocenters. The van der Waals surface area contributed by atoms with Crippen molar-refractivity contribution < 1.29 is 9.18 Å². The maximum atomic E-state index is 13.3. The van der Waals surface area contributed by atoms with Gasteiger partial charge in [-0.05, 0) is 51.5 Å². The van der Waals surface area contributed by atoms with E-state index in [0.717, 1.165) is 16.8 Å². The molecule has 0 bridgehead atoms. The lowest BCUT2D eigenvalue weighted by atomic mass is 9.93. The van der Waals surface area contributed by atoms with E-state index in [-0.39, 0.29) is 11.7 Å². The zero-order valence-corrected chi connectivity index (χ0v) is 13.5. The Labute approximate surface area is 130 Å². The SMILES string of the molecule is C=C(/C=C\C)C(=O)N1N=C(c2ccc(F)cc2C)CC1(C)C. The number of allylic oxidation sites excluding steroid dienone is 1. The van der Waals surface area contributed by atoms with Crippen LogP contribution in [0.1, 0.15) is 38.3 Å². The molecule has 0 spiro atoms. The molecule has 0 N–H and O–H groups in total. The van der Waals surface area contributed by atoms with Gasteiger partial charge in [-0.3, -0.25) is 4.79 Å². The number of halogens is 1. The van der Waals surface area contributed by atoms with Crippen molar-refractivity contribution in [2.75, 3.05) is 0 Å². The van der Waals surface area contributed by atoms with Crippen LogP contribution in [0.4, 0.5) is 4.39 Å². The standard InChI is InChI=1S/C18H21FN2O/c1-6-7-12(2)17(22)21-18(4,5)11-16(20-21)15-9-8-14(19)10-13(15)3/h6-10H,2,11H2,1,3-5H3/b7-6-. The second-order valence-electron chi connectivity index (χ2n) is 6.14. The molecule has 0 saturated carbocycles. The van der Waals surface area contributed by atoms with E-state index in [1.165, 1.54) is 17.1 Å². The van der Waals surface area contributed by atoms with Crippen molar-refractivity contribution in [2.45, 2.75) is 39.7 Å². The summed E-state index contributed by atoms with van der Waals surface area (Å²) in [5, 5.41) is 5.97. The molecule has 0 fully saturated rings. The van der Waals surface area contributed by atoms with Gasteiger partial charge in [-0.15, -0.1) is 0 Å². The molecule has 116 valence electrons. The van der Waals surface area contributed by atoms with Crippen LogP contribution in [-0.2, 0) is 4.79 Å². The number of nitrogens with zero attached hydrogens (tertiary/aromatic N) is 2. The first-order chi connectivity index (χ1) is 10.3. The number of amides is 1. The molecule has 4 heteroatoms. The number of aryl methyl sites for hydroxylation is 1. The van der Waals surface area contributed by atoms with Crippen LogP contribution in [-0.4, -0.2) is 22.2 Å². The third-order valence-electron chi connectivity index (χ3n) is 3.73. The summed E-state index contributed by atoms with van der Waals surface area (Å²) in [6.45, 7) is 11.4. The minimum absolute atomic E-state index is 0.210. The summed E-state index contributed by atoms with van der Waals surface area (Å²) in [6, 6.07) is 4.61. The van der Waals surface area contributed by atoms with Crippen LogP contribution in [0.5, 0.6) is 0 Å². The largest absolute Gasteiger partial charge is 0.273 e. The molecule has 0 aromatic heterocycles.